The van der Waals surface area contributed by atoms with E-state index in [1.54, 1.807) is 6.33 Å². The first-order valence-electron chi connectivity index (χ1n) is 6.66. The summed E-state index contributed by atoms with van der Waals surface area (Å²) in [7, 11) is 0. The van der Waals surface area contributed by atoms with Crippen molar-refractivity contribution in [3.8, 4) is 0 Å². The molecule has 20 heavy (non-hydrogen) atoms. The van der Waals surface area contributed by atoms with Crippen molar-refractivity contribution in [2.24, 2.45) is 0 Å². The van der Waals surface area contributed by atoms with Gasteiger partial charge in [-0.1, -0.05) is 36.4 Å². The number of nitrogens with zero attached hydrogens (tertiary/aromatic N) is 4. The van der Waals surface area contributed by atoms with E-state index in [2.05, 4.69) is 45.5 Å². The maximum absolute atomic E-state index is 4.44. The summed E-state index contributed by atoms with van der Waals surface area (Å²) in [6.45, 7) is 4.23. The molecule has 3 aromatic rings. The molecule has 0 fully saturated rings. The molecule has 0 unspecified atom stereocenters. The fraction of sp³-hybridized carbons (Fsp3) is 0.188. The van der Waals surface area contributed by atoms with Crippen LogP contribution in [0.1, 0.15) is 31.1 Å². The van der Waals surface area contributed by atoms with Crippen molar-refractivity contribution >= 4 is 23.3 Å². The van der Waals surface area contributed by atoms with Crippen LogP contribution in [0.25, 0.3) is 23.3 Å². The van der Waals surface area contributed by atoms with Crippen LogP contribution in [0.4, 0.5) is 0 Å². The van der Waals surface area contributed by atoms with Crippen LogP contribution in [0.2, 0.25) is 0 Å². The Hall–Kier alpha value is -2.49. The van der Waals surface area contributed by atoms with Crippen LogP contribution in [-0.4, -0.2) is 19.5 Å². The van der Waals surface area contributed by atoms with Crippen LogP contribution in [0.5, 0.6) is 0 Å². The molecule has 0 radical (unpaired) electrons. The van der Waals surface area contributed by atoms with Gasteiger partial charge in [0.05, 0.1) is 12.0 Å². The molecule has 100 valence electrons. The molecule has 0 spiro atoms. The van der Waals surface area contributed by atoms with Gasteiger partial charge in [0.25, 0.3) is 0 Å². The monoisotopic (exact) mass is 264 g/mol. The minimum absolute atomic E-state index is 0.334. The van der Waals surface area contributed by atoms with Gasteiger partial charge in [0.2, 0.25) is 0 Å². The molecule has 0 saturated heterocycles. The van der Waals surface area contributed by atoms with Gasteiger partial charge in [-0.15, -0.1) is 0 Å². The van der Waals surface area contributed by atoms with Crippen molar-refractivity contribution in [3.05, 3.63) is 54.2 Å². The summed E-state index contributed by atoms with van der Waals surface area (Å²) in [5.41, 5.74) is 3.71. The summed E-state index contributed by atoms with van der Waals surface area (Å²) >= 11 is 0. The summed E-state index contributed by atoms with van der Waals surface area (Å²) in [5, 5.41) is 0. The van der Waals surface area contributed by atoms with Gasteiger partial charge in [0, 0.05) is 6.04 Å². The van der Waals surface area contributed by atoms with E-state index in [-0.39, 0.29) is 0 Å². The Morgan fingerprint density at radius 1 is 1.00 bits per heavy atom. The Morgan fingerprint density at radius 3 is 2.55 bits per heavy atom. The fourth-order valence-corrected chi connectivity index (χ4v) is 2.11. The molecule has 0 aliphatic carbocycles. The lowest BCUT2D eigenvalue weighted by molar-refractivity contribution is 0.612. The SMILES string of the molecule is CC(C)n1cnc2c(/C=C/c3ccccc3)ncnc21. The molecule has 0 atom stereocenters. The van der Waals surface area contributed by atoms with E-state index in [0.717, 1.165) is 22.4 Å². The van der Waals surface area contributed by atoms with E-state index in [9.17, 15) is 0 Å². The van der Waals surface area contributed by atoms with Gasteiger partial charge in [-0.05, 0) is 25.5 Å². The lowest BCUT2D eigenvalue weighted by atomic mass is 10.2. The minimum atomic E-state index is 0.334. The Labute approximate surface area is 117 Å². The lowest BCUT2D eigenvalue weighted by Crippen LogP contribution is -2.00. The first-order valence-corrected chi connectivity index (χ1v) is 6.66. The zero-order valence-corrected chi connectivity index (χ0v) is 11.6. The molecular formula is C16H16N4. The Morgan fingerprint density at radius 2 is 1.80 bits per heavy atom. The number of aromatic nitrogens is 4. The third-order valence-corrected chi connectivity index (χ3v) is 3.18. The van der Waals surface area contributed by atoms with E-state index in [1.807, 2.05) is 36.7 Å². The number of imidazole rings is 1. The van der Waals surface area contributed by atoms with E-state index in [1.165, 1.54) is 0 Å². The Kier molecular flexibility index (Phi) is 3.29. The van der Waals surface area contributed by atoms with Gasteiger partial charge in [-0.2, -0.15) is 0 Å². The molecular weight excluding hydrogens is 248 g/mol. The molecule has 0 aliphatic heterocycles. The highest BCUT2D eigenvalue weighted by Crippen LogP contribution is 2.18. The van der Waals surface area contributed by atoms with Crippen molar-refractivity contribution in [3.63, 3.8) is 0 Å². The molecule has 0 N–H and O–H groups in total. The molecule has 0 bridgehead atoms. The van der Waals surface area contributed by atoms with Crippen molar-refractivity contribution < 1.29 is 0 Å². The topological polar surface area (TPSA) is 43.6 Å². The maximum Gasteiger partial charge on any atom is 0.164 e. The predicted octanol–water partition coefficient (Wildman–Crippen LogP) is 3.58. The molecule has 2 heterocycles. The standard InChI is InChI=1S/C16H16N4/c1-12(2)20-11-19-15-14(17-10-18-16(15)20)9-8-13-6-4-3-5-7-13/h3-12H,1-2H3/b9-8+. The summed E-state index contributed by atoms with van der Waals surface area (Å²) in [6.07, 6.45) is 7.44. The van der Waals surface area contributed by atoms with E-state index < -0.39 is 0 Å². The zero-order valence-electron chi connectivity index (χ0n) is 11.6. The van der Waals surface area contributed by atoms with E-state index in [0.29, 0.717) is 6.04 Å². The largest absolute Gasteiger partial charge is 0.313 e. The second kappa shape index (κ2) is 5.25. The van der Waals surface area contributed by atoms with Crippen LogP contribution in [0.3, 0.4) is 0 Å². The van der Waals surface area contributed by atoms with Crippen LogP contribution in [0.15, 0.2) is 43.0 Å². The van der Waals surface area contributed by atoms with Gasteiger partial charge >= 0.3 is 0 Å². The smallest absolute Gasteiger partial charge is 0.164 e. The predicted molar refractivity (Wildman–Crippen MR) is 81.1 cm³/mol. The first-order chi connectivity index (χ1) is 9.75. The number of benzene rings is 1. The average molecular weight is 264 g/mol. The van der Waals surface area contributed by atoms with Crippen molar-refractivity contribution in [2.75, 3.05) is 0 Å². The third-order valence-electron chi connectivity index (χ3n) is 3.18. The Balaban J connectivity index is 2.02. The quantitative estimate of drug-likeness (QED) is 0.726. The molecule has 4 nitrogen and oxygen atoms in total. The molecule has 0 aliphatic rings. The van der Waals surface area contributed by atoms with Gasteiger partial charge in [-0.25, -0.2) is 15.0 Å². The number of fused-ring (bicyclic) bond motifs is 1. The van der Waals surface area contributed by atoms with Crippen molar-refractivity contribution in [1.82, 2.24) is 19.5 Å². The second-order valence-corrected chi connectivity index (χ2v) is 4.92. The van der Waals surface area contributed by atoms with Crippen LogP contribution < -0.4 is 0 Å². The maximum atomic E-state index is 4.44. The number of hydrogen-bond acceptors (Lipinski definition) is 3. The molecule has 2 aromatic heterocycles. The molecule has 0 saturated carbocycles. The molecule has 0 amide bonds. The summed E-state index contributed by atoms with van der Waals surface area (Å²) < 4.78 is 2.05. The van der Waals surface area contributed by atoms with Crippen molar-refractivity contribution in [2.45, 2.75) is 19.9 Å². The molecule has 4 heteroatoms. The van der Waals surface area contributed by atoms with E-state index >= 15 is 0 Å². The zero-order chi connectivity index (χ0) is 13.9. The fourth-order valence-electron chi connectivity index (χ4n) is 2.11. The lowest BCUT2D eigenvalue weighted by Gasteiger charge is -2.06. The highest BCUT2D eigenvalue weighted by molar-refractivity contribution is 5.83. The van der Waals surface area contributed by atoms with Crippen molar-refractivity contribution in [1.29, 1.82) is 0 Å². The summed E-state index contributed by atoms with van der Waals surface area (Å²) in [4.78, 5) is 13.1. The van der Waals surface area contributed by atoms with Gasteiger partial charge in [-0.3, -0.25) is 0 Å². The Bertz CT molecular complexity index is 742. The summed E-state index contributed by atoms with van der Waals surface area (Å²) in [5.74, 6) is 0. The average Bonchev–Trinajstić information content (AvgIpc) is 2.91. The van der Waals surface area contributed by atoms with Crippen LogP contribution in [-0.2, 0) is 0 Å². The number of hydrogen-bond donors (Lipinski definition) is 0. The molecule has 1 aromatic carbocycles. The van der Waals surface area contributed by atoms with Gasteiger partial charge < -0.3 is 4.57 Å². The summed E-state index contributed by atoms with van der Waals surface area (Å²) in [6, 6.07) is 10.5. The molecule has 3 rings (SSSR count). The number of rotatable bonds is 3. The van der Waals surface area contributed by atoms with Gasteiger partial charge in [0.15, 0.2) is 5.65 Å². The van der Waals surface area contributed by atoms with Crippen LogP contribution >= 0.6 is 0 Å². The first kappa shape index (κ1) is 12.5. The highest BCUT2D eigenvalue weighted by atomic mass is 15.1. The van der Waals surface area contributed by atoms with Gasteiger partial charge in [0.1, 0.15) is 11.8 Å². The highest BCUT2D eigenvalue weighted by Gasteiger charge is 2.09. The van der Waals surface area contributed by atoms with E-state index in [4.69, 9.17) is 0 Å². The minimum Gasteiger partial charge on any atom is -0.313 e. The second-order valence-electron chi connectivity index (χ2n) is 4.92. The van der Waals surface area contributed by atoms with Crippen LogP contribution in [0, 0.1) is 0 Å². The third kappa shape index (κ3) is 2.32. The normalized spacial score (nSPS) is 11.8.